The van der Waals surface area contributed by atoms with E-state index >= 15 is 0 Å². The Kier molecular flexibility index (Phi) is 4.78. The van der Waals surface area contributed by atoms with Crippen LogP contribution in [-0.2, 0) is 6.54 Å². The number of benzene rings is 1. The number of nitrogens with one attached hydrogen (secondary N) is 1. The third-order valence-electron chi connectivity index (χ3n) is 4.36. The lowest BCUT2D eigenvalue weighted by atomic mass is 9.77. The molecule has 0 bridgehead atoms. The lowest BCUT2D eigenvalue weighted by Crippen LogP contribution is -2.53. The summed E-state index contributed by atoms with van der Waals surface area (Å²) in [6.45, 7) is 2.70. The maximum absolute atomic E-state index is 12.3. The Balaban J connectivity index is 2.04. The van der Waals surface area contributed by atoms with Crippen LogP contribution in [0.4, 0.5) is 0 Å². The second-order valence-electron chi connectivity index (χ2n) is 5.98. The van der Waals surface area contributed by atoms with Crippen LogP contribution >= 0.6 is 0 Å². The Bertz CT molecular complexity index is 448. The maximum atomic E-state index is 12.3. The van der Waals surface area contributed by atoms with Gasteiger partial charge in [0, 0.05) is 12.1 Å². The van der Waals surface area contributed by atoms with Crippen molar-refractivity contribution in [1.82, 2.24) is 5.32 Å². The maximum Gasteiger partial charge on any atom is 0.251 e. The monoisotopic (exact) mass is 276 g/mol. The van der Waals surface area contributed by atoms with Crippen molar-refractivity contribution >= 4 is 5.91 Å². The van der Waals surface area contributed by atoms with E-state index in [0.717, 1.165) is 31.2 Å². The Labute approximate surface area is 120 Å². The summed E-state index contributed by atoms with van der Waals surface area (Å²) in [7, 11) is 0. The van der Waals surface area contributed by atoms with Crippen molar-refractivity contribution in [2.45, 2.75) is 44.7 Å². The van der Waals surface area contributed by atoms with E-state index in [1.807, 2.05) is 12.1 Å². The summed E-state index contributed by atoms with van der Waals surface area (Å²) in [6.07, 6.45) is 3.79. The van der Waals surface area contributed by atoms with Crippen molar-refractivity contribution in [2.24, 2.45) is 11.7 Å². The zero-order valence-corrected chi connectivity index (χ0v) is 12.1. The van der Waals surface area contributed by atoms with Gasteiger partial charge in [0.15, 0.2) is 0 Å². The van der Waals surface area contributed by atoms with Crippen molar-refractivity contribution in [1.29, 1.82) is 0 Å². The number of carbonyl (C=O) groups excluding carboxylic acids is 1. The number of rotatable bonds is 4. The Morgan fingerprint density at radius 1 is 1.35 bits per heavy atom. The minimum Gasteiger partial charge on any atom is -0.394 e. The minimum atomic E-state index is -0.448. The first kappa shape index (κ1) is 15.0. The molecule has 1 aliphatic rings. The third-order valence-corrected chi connectivity index (χ3v) is 4.36. The number of aliphatic hydroxyl groups is 1. The second kappa shape index (κ2) is 6.37. The molecule has 4 heteroatoms. The summed E-state index contributed by atoms with van der Waals surface area (Å²) in [5.74, 6) is 0.563. The van der Waals surface area contributed by atoms with Crippen LogP contribution in [-0.4, -0.2) is 23.2 Å². The van der Waals surface area contributed by atoms with Crippen molar-refractivity contribution in [3.63, 3.8) is 0 Å². The predicted molar refractivity (Wildman–Crippen MR) is 79.2 cm³/mol. The summed E-state index contributed by atoms with van der Waals surface area (Å²) >= 11 is 0. The van der Waals surface area contributed by atoms with Gasteiger partial charge in [-0.1, -0.05) is 19.1 Å². The first-order chi connectivity index (χ1) is 9.58. The molecule has 1 amide bonds. The lowest BCUT2D eigenvalue weighted by Gasteiger charge is -2.38. The van der Waals surface area contributed by atoms with E-state index in [1.54, 1.807) is 12.1 Å². The van der Waals surface area contributed by atoms with Gasteiger partial charge in [0.1, 0.15) is 0 Å². The fourth-order valence-corrected chi connectivity index (χ4v) is 2.74. The largest absolute Gasteiger partial charge is 0.394 e. The molecule has 4 N–H and O–H groups in total. The summed E-state index contributed by atoms with van der Waals surface area (Å²) < 4.78 is 0. The van der Waals surface area contributed by atoms with E-state index < -0.39 is 5.54 Å². The Morgan fingerprint density at radius 3 is 2.45 bits per heavy atom. The molecule has 110 valence electrons. The van der Waals surface area contributed by atoms with Crippen molar-refractivity contribution in [3.8, 4) is 0 Å². The van der Waals surface area contributed by atoms with Crippen LogP contribution in [0.2, 0.25) is 0 Å². The van der Waals surface area contributed by atoms with Gasteiger partial charge in [0.05, 0.1) is 12.1 Å². The number of aliphatic hydroxyl groups excluding tert-OH is 1. The predicted octanol–water partition coefficient (Wildman–Crippen LogP) is 1.82. The van der Waals surface area contributed by atoms with Gasteiger partial charge in [-0.25, -0.2) is 0 Å². The fraction of sp³-hybridized carbons (Fsp3) is 0.562. The van der Waals surface area contributed by atoms with Gasteiger partial charge >= 0.3 is 0 Å². The molecule has 0 aliphatic heterocycles. The number of hydrogen-bond donors (Lipinski definition) is 3. The van der Waals surface area contributed by atoms with Crippen LogP contribution in [0.1, 0.15) is 48.5 Å². The average molecular weight is 276 g/mol. The smallest absolute Gasteiger partial charge is 0.251 e. The van der Waals surface area contributed by atoms with E-state index in [2.05, 4.69) is 12.2 Å². The first-order valence-corrected chi connectivity index (χ1v) is 7.31. The molecule has 0 spiro atoms. The van der Waals surface area contributed by atoms with Crippen LogP contribution in [0.15, 0.2) is 24.3 Å². The summed E-state index contributed by atoms with van der Waals surface area (Å²) in [4.78, 5) is 12.3. The van der Waals surface area contributed by atoms with Crippen LogP contribution < -0.4 is 11.1 Å². The molecule has 4 nitrogen and oxygen atoms in total. The van der Waals surface area contributed by atoms with E-state index in [4.69, 9.17) is 5.73 Å². The molecule has 1 saturated carbocycles. The van der Waals surface area contributed by atoms with Crippen LogP contribution in [0.3, 0.4) is 0 Å². The number of hydrogen-bond acceptors (Lipinski definition) is 3. The van der Waals surface area contributed by atoms with Gasteiger partial charge in [-0.15, -0.1) is 0 Å². The third kappa shape index (κ3) is 3.38. The highest BCUT2D eigenvalue weighted by Crippen LogP contribution is 2.31. The molecule has 0 aromatic heterocycles. The number of nitrogens with two attached hydrogens (primary N) is 1. The minimum absolute atomic E-state index is 0.00629. The van der Waals surface area contributed by atoms with Gasteiger partial charge in [-0.2, -0.15) is 0 Å². The topological polar surface area (TPSA) is 75.3 Å². The highest BCUT2D eigenvalue weighted by molar-refractivity contribution is 5.94. The SMILES string of the molecule is CC1CCC(CO)(NC(=O)c2ccc(CN)cc2)CC1. The molecule has 1 aromatic carbocycles. The molecule has 0 radical (unpaired) electrons. The Hall–Kier alpha value is -1.39. The highest BCUT2D eigenvalue weighted by Gasteiger charge is 2.35. The van der Waals surface area contributed by atoms with Crippen LogP contribution in [0, 0.1) is 5.92 Å². The molecular formula is C16H24N2O2. The van der Waals surface area contributed by atoms with Gasteiger partial charge in [0.25, 0.3) is 5.91 Å². The molecular weight excluding hydrogens is 252 g/mol. The molecule has 0 heterocycles. The number of carbonyl (C=O) groups is 1. The molecule has 1 fully saturated rings. The summed E-state index contributed by atoms with van der Waals surface area (Å²) in [5, 5.41) is 12.7. The number of amides is 1. The molecule has 0 saturated heterocycles. The van der Waals surface area contributed by atoms with E-state index in [-0.39, 0.29) is 12.5 Å². The fourth-order valence-electron chi connectivity index (χ4n) is 2.74. The van der Waals surface area contributed by atoms with Crippen LogP contribution in [0.25, 0.3) is 0 Å². The van der Waals surface area contributed by atoms with E-state index in [1.165, 1.54) is 0 Å². The van der Waals surface area contributed by atoms with Gasteiger partial charge in [-0.05, 0) is 49.3 Å². The first-order valence-electron chi connectivity index (χ1n) is 7.31. The molecule has 1 aromatic rings. The van der Waals surface area contributed by atoms with Crippen LogP contribution in [0.5, 0.6) is 0 Å². The van der Waals surface area contributed by atoms with Gasteiger partial charge < -0.3 is 16.2 Å². The lowest BCUT2D eigenvalue weighted by molar-refractivity contribution is 0.0717. The highest BCUT2D eigenvalue weighted by atomic mass is 16.3. The molecule has 2 rings (SSSR count). The normalized spacial score (nSPS) is 26.2. The summed E-state index contributed by atoms with van der Waals surface area (Å²) in [5.41, 5.74) is 6.72. The quantitative estimate of drug-likeness (QED) is 0.785. The van der Waals surface area contributed by atoms with Crippen molar-refractivity contribution < 1.29 is 9.90 Å². The zero-order chi connectivity index (χ0) is 14.6. The van der Waals surface area contributed by atoms with E-state index in [0.29, 0.717) is 18.0 Å². The molecule has 0 unspecified atom stereocenters. The molecule has 0 atom stereocenters. The standard InChI is InChI=1S/C16H24N2O2/c1-12-6-8-16(11-19,9-7-12)18-15(20)14-4-2-13(10-17)3-5-14/h2-5,12,19H,6-11,17H2,1H3,(H,18,20). The van der Waals surface area contributed by atoms with Crippen molar-refractivity contribution in [3.05, 3.63) is 35.4 Å². The van der Waals surface area contributed by atoms with Gasteiger partial charge in [0.2, 0.25) is 0 Å². The average Bonchev–Trinajstić information content (AvgIpc) is 2.50. The van der Waals surface area contributed by atoms with E-state index in [9.17, 15) is 9.90 Å². The molecule has 20 heavy (non-hydrogen) atoms. The molecule has 1 aliphatic carbocycles. The second-order valence-corrected chi connectivity index (χ2v) is 5.98. The van der Waals surface area contributed by atoms with Crippen molar-refractivity contribution in [2.75, 3.05) is 6.61 Å². The zero-order valence-electron chi connectivity index (χ0n) is 12.1. The summed E-state index contributed by atoms with van der Waals surface area (Å²) in [6, 6.07) is 7.30. The Morgan fingerprint density at radius 2 is 1.95 bits per heavy atom. The van der Waals surface area contributed by atoms with Gasteiger partial charge in [-0.3, -0.25) is 4.79 Å².